The zero-order valence-corrected chi connectivity index (χ0v) is 12.4. The fourth-order valence-corrected chi connectivity index (χ4v) is 3.63. The molecule has 1 saturated carbocycles. The summed E-state index contributed by atoms with van der Waals surface area (Å²) in [4.78, 5) is 0. The molecule has 2 aliphatic rings. The Kier molecular flexibility index (Phi) is 3.83. The summed E-state index contributed by atoms with van der Waals surface area (Å²) in [6.07, 6.45) is 5.00. The summed E-state index contributed by atoms with van der Waals surface area (Å²) in [5, 5.41) is 3.80. The van der Waals surface area contributed by atoms with Crippen molar-refractivity contribution in [3.05, 3.63) is 35.6 Å². The van der Waals surface area contributed by atoms with Crippen LogP contribution in [0.3, 0.4) is 0 Å². The van der Waals surface area contributed by atoms with Crippen molar-refractivity contribution in [2.75, 3.05) is 6.61 Å². The van der Waals surface area contributed by atoms with Gasteiger partial charge in [-0.25, -0.2) is 4.39 Å². The van der Waals surface area contributed by atoms with Crippen molar-refractivity contribution in [1.29, 1.82) is 0 Å². The second-order valence-electron chi connectivity index (χ2n) is 6.68. The second-order valence-corrected chi connectivity index (χ2v) is 6.68. The first-order chi connectivity index (χ1) is 9.58. The fourth-order valence-electron chi connectivity index (χ4n) is 3.63. The second kappa shape index (κ2) is 5.45. The van der Waals surface area contributed by atoms with E-state index >= 15 is 0 Å². The molecule has 0 aromatic heterocycles. The van der Waals surface area contributed by atoms with E-state index in [1.807, 2.05) is 12.1 Å². The Hall–Kier alpha value is -0.930. The zero-order chi connectivity index (χ0) is 14.2. The lowest BCUT2D eigenvalue weighted by Gasteiger charge is -2.48. The third-order valence-electron chi connectivity index (χ3n) is 4.96. The van der Waals surface area contributed by atoms with Crippen molar-refractivity contribution in [3.63, 3.8) is 0 Å². The summed E-state index contributed by atoms with van der Waals surface area (Å²) in [6.45, 7) is 5.28. The van der Waals surface area contributed by atoms with Gasteiger partial charge in [0, 0.05) is 11.6 Å². The molecular formula is C17H24FNO. The van der Waals surface area contributed by atoms with Crippen LogP contribution in [-0.4, -0.2) is 18.2 Å². The van der Waals surface area contributed by atoms with E-state index in [-0.39, 0.29) is 23.5 Å². The summed E-state index contributed by atoms with van der Waals surface area (Å²) in [6, 6.07) is 6.96. The molecule has 2 nitrogen and oxygen atoms in total. The number of hydrogen-bond donors (Lipinski definition) is 1. The monoisotopic (exact) mass is 277 g/mol. The molecule has 20 heavy (non-hydrogen) atoms. The van der Waals surface area contributed by atoms with Crippen LogP contribution in [-0.2, 0) is 4.74 Å². The van der Waals surface area contributed by atoms with Gasteiger partial charge < -0.3 is 10.1 Å². The third-order valence-corrected chi connectivity index (χ3v) is 4.96. The first-order valence-electron chi connectivity index (χ1n) is 7.73. The topological polar surface area (TPSA) is 21.3 Å². The van der Waals surface area contributed by atoms with Crippen molar-refractivity contribution in [2.45, 2.75) is 57.2 Å². The molecule has 2 atom stereocenters. The molecule has 0 bridgehead atoms. The molecular weight excluding hydrogens is 253 g/mol. The normalized spacial score (nSPS) is 38.0. The number of morpholine rings is 1. The third kappa shape index (κ3) is 2.75. The molecule has 1 aromatic rings. The van der Waals surface area contributed by atoms with Crippen LogP contribution in [0.25, 0.3) is 0 Å². The Morgan fingerprint density at radius 3 is 2.40 bits per heavy atom. The molecule has 1 heterocycles. The van der Waals surface area contributed by atoms with Crippen molar-refractivity contribution < 1.29 is 9.13 Å². The van der Waals surface area contributed by atoms with E-state index in [0.717, 1.165) is 18.1 Å². The molecule has 1 aliphatic heterocycles. The fraction of sp³-hybridized carbons (Fsp3) is 0.647. The van der Waals surface area contributed by atoms with E-state index in [4.69, 9.17) is 4.74 Å². The van der Waals surface area contributed by atoms with Gasteiger partial charge in [-0.1, -0.05) is 19.1 Å². The van der Waals surface area contributed by atoms with Crippen LogP contribution in [0.1, 0.15) is 51.2 Å². The van der Waals surface area contributed by atoms with Gasteiger partial charge in [0.2, 0.25) is 0 Å². The summed E-state index contributed by atoms with van der Waals surface area (Å²) in [5.74, 6) is 0.649. The molecule has 1 aromatic carbocycles. The standard InChI is InChI=1S/C17H24FNO/c1-12-7-9-17(10-8-12)11-20-16(13(2)19-17)14-3-5-15(18)6-4-14/h3-6,12-13,16,19H,7-11H2,1-2H3. The van der Waals surface area contributed by atoms with Gasteiger partial charge in [-0.15, -0.1) is 0 Å². The summed E-state index contributed by atoms with van der Waals surface area (Å²) < 4.78 is 19.2. The Bertz CT molecular complexity index is 451. The minimum Gasteiger partial charge on any atom is -0.370 e. The van der Waals surface area contributed by atoms with Crippen molar-refractivity contribution in [2.24, 2.45) is 5.92 Å². The molecule has 3 heteroatoms. The molecule has 3 rings (SSSR count). The molecule has 1 saturated heterocycles. The molecule has 0 radical (unpaired) electrons. The Morgan fingerprint density at radius 2 is 1.80 bits per heavy atom. The van der Waals surface area contributed by atoms with Crippen LogP contribution in [0.4, 0.5) is 4.39 Å². The predicted octanol–water partition coefficient (Wildman–Crippen LogP) is 3.82. The van der Waals surface area contributed by atoms with Gasteiger partial charge in [0.15, 0.2) is 0 Å². The molecule has 1 aliphatic carbocycles. The number of benzene rings is 1. The number of nitrogens with one attached hydrogen (secondary N) is 1. The van der Waals surface area contributed by atoms with E-state index in [0.29, 0.717) is 0 Å². The SMILES string of the molecule is CC1CCC2(CC1)COC(c1ccc(F)cc1)C(C)N2. The summed E-state index contributed by atoms with van der Waals surface area (Å²) >= 11 is 0. The highest BCUT2D eigenvalue weighted by Gasteiger charge is 2.41. The van der Waals surface area contributed by atoms with Gasteiger partial charge in [0.05, 0.1) is 12.7 Å². The lowest BCUT2D eigenvalue weighted by molar-refractivity contribution is -0.0746. The van der Waals surface area contributed by atoms with E-state index in [1.165, 1.54) is 37.8 Å². The maximum absolute atomic E-state index is 13.0. The average molecular weight is 277 g/mol. The molecule has 110 valence electrons. The number of rotatable bonds is 1. The van der Waals surface area contributed by atoms with Crippen LogP contribution in [0, 0.1) is 11.7 Å². The summed E-state index contributed by atoms with van der Waals surface area (Å²) in [5.41, 5.74) is 1.23. The Morgan fingerprint density at radius 1 is 1.15 bits per heavy atom. The largest absolute Gasteiger partial charge is 0.370 e. The Labute approximate surface area is 120 Å². The molecule has 2 fully saturated rings. The van der Waals surface area contributed by atoms with Crippen molar-refractivity contribution in [3.8, 4) is 0 Å². The maximum atomic E-state index is 13.0. The van der Waals surface area contributed by atoms with Gasteiger partial charge >= 0.3 is 0 Å². The lowest BCUT2D eigenvalue weighted by atomic mass is 9.76. The zero-order valence-electron chi connectivity index (χ0n) is 12.4. The van der Waals surface area contributed by atoms with Crippen LogP contribution < -0.4 is 5.32 Å². The highest BCUT2D eigenvalue weighted by Crippen LogP contribution is 2.38. The van der Waals surface area contributed by atoms with Gasteiger partial charge in [-0.3, -0.25) is 0 Å². The molecule has 0 amide bonds. The van der Waals surface area contributed by atoms with Crippen LogP contribution >= 0.6 is 0 Å². The highest BCUT2D eigenvalue weighted by atomic mass is 19.1. The maximum Gasteiger partial charge on any atom is 0.123 e. The number of hydrogen-bond acceptors (Lipinski definition) is 2. The minimum atomic E-state index is -0.192. The molecule has 1 spiro atoms. The van der Waals surface area contributed by atoms with E-state index in [2.05, 4.69) is 19.2 Å². The molecule has 1 N–H and O–H groups in total. The van der Waals surface area contributed by atoms with E-state index in [9.17, 15) is 4.39 Å². The lowest BCUT2D eigenvalue weighted by Crippen LogP contribution is -2.60. The number of ether oxygens (including phenoxy) is 1. The number of halogens is 1. The van der Waals surface area contributed by atoms with E-state index in [1.54, 1.807) is 0 Å². The minimum absolute atomic E-state index is 0.0283. The van der Waals surface area contributed by atoms with Gasteiger partial charge in [-0.2, -0.15) is 0 Å². The van der Waals surface area contributed by atoms with Gasteiger partial charge in [0.25, 0.3) is 0 Å². The van der Waals surface area contributed by atoms with Gasteiger partial charge in [0.1, 0.15) is 5.82 Å². The summed E-state index contributed by atoms with van der Waals surface area (Å²) in [7, 11) is 0. The average Bonchev–Trinajstić information content (AvgIpc) is 2.44. The highest BCUT2D eigenvalue weighted by molar-refractivity contribution is 5.21. The van der Waals surface area contributed by atoms with Crippen LogP contribution in [0.2, 0.25) is 0 Å². The Balaban J connectivity index is 1.69. The first kappa shape index (κ1) is 14.0. The van der Waals surface area contributed by atoms with E-state index < -0.39 is 0 Å². The predicted molar refractivity (Wildman–Crippen MR) is 78.1 cm³/mol. The van der Waals surface area contributed by atoms with Crippen LogP contribution in [0.15, 0.2) is 24.3 Å². The quantitative estimate of drug-likeness (QED) is 0.842. The smallest absolute Gasteiger partial charge is 0.123 e. The van der Waals surface area contributed by atoms with Gasteiger partial charge in [-0.05, 0) is 56.2 Å². The van der Waals surface area contributed by atoms with Crippen molar-refractivity contribution >= 4 is 0 Å². The molecule has 2 unspecified atom stereocenters. The first-order valence-corrected chi connectivity index (χ1v) is 7.73. The van der Waals surface area contributed by atoms with Crippen LogP contribution in [0.5, 0.6) is 0 Å². The van der Waals surface area contributed by atoms with Crippen molar-refractivity contribution in [1.82, 2.24) is 5.32 Å².